The second-order valence-corrected chi connectivity index (χ2v) is 4.73. The van der Waals surface area contributed by atoms with Gasteiger partial charge in [0, 0.05) is 12.4 Å². The number of rotatable bonds is 4. The number of carbonyl (C=O) groups excluding carboxylic acids is 2. The van der Waals surface area contributed by atoms with E-state index in [0.29, 0.717) is 19.4 Å². The first-order chi connectivity index (χ1) is 9.17. The van der Waals surface area contributed by atoms with Gasteiger partial charge in [-0.15, -0.1) is 0 Å². The van der Waals surface area contributed by atoms with Gasteiger partial charge in [0.1, 0.15) is 0 Å². The van der Waals surface area contributed by atoms with E-state index < -0.39 is 0 Å². The Morgan fingerprint density at radius 3 is 2.74 bits per heavy atom. The first-order valence-electron chi connectivity index (χ1n) is 6.57. The van der Waals surface area contributed by atoms with Crippen LogP contribution >= 0.6 is 0 Å². The Kier molecular flexibility index (Phi) is 4.24. The number of hydrogen-bond donors (Lipinski definition) is 1. The number of H-pyrrole nitrogens is 1. The van der Waals surface area contributed by atoms with Gasteiger partial charge in [-0.25, -0.2) is 0 Å². The zero-order chi connectivity index (χ0) is 13.8. The molecule has 2 rings (SSSR count). The third-order valence-electron chi connectivity index (χ3n) is 3.63. The number of esters is 2. The largest absolute Gasteiger partial charge is 0.469 e. The molecule has 0 spiro atoms. The highest BCUT2D eigenvalue weighted by Gasteiger charge is 2.33. The lowest BCUT2D eigenvalue weighted by Crippen LogP contribution is -2.22. The van der Waals surface area contributed by atoms with Gasteiger partial charge in [-0.1, -0.05) is 0 Å². The van der Waals surface area contributed by atoms with Gasteiger partial charge >= 0.3 is 11.9 Å². The summed E-state index contributed by atoms with van der Waals surface area (Å²) in [5.41, 5.74) is 1.99. The smallest absolute Gasteiger partial charge is 0.313 e. The van der Waals surface area contributed by atoms with E-state index >= 15 is 0 Å². The van der Waals surface area contributed by atoms with Crippen LogP contribution in [0.2, 0.25) is 0 Å². The van der Waals surface area contributed by atoms with Crippen molar-refractivity contribution in [3.05, 3.63) is 23.5 Å². The van der Waals surface area contributed by atoms with Crippen molar-refractivity contribution >= 4 is 11.9 Å². The molecule has 1 aromatic rings. The summed E-state index contributed by atoms with van der Waals surface area (Å²) in [7, 11) is 1.40. The summed E-state index contributed by atoms with van der Waals surface area (Å²) in [5, 5.41) is 0. The van der Waals surface area contributed by atoms with Gasteiger partial charge in [0.15, 0.2) is 0 Å². The number of aromatic nitrogens is 1. The lowest BCUT2D eigenvalue weighted by Gasteiger charge is -2.27. The molecule has 0 radical (unpaired) electrons. The number of methoxy groups -OCH3 is 1. The molecule has 5 heteroatoms. The van der Waals surface area contributed by atoms with Crippen LogP contribution < -0.4 is 0 Å². The minimum Gasteiger partial charge on any atom is -0.469 e. The molecule has 0 amide bonds. The highest BCUT2D eigenvalue weighted by atomic mass is 16.5. The monoisotopic (exact) mass is 265 g/mol. The molecule has 1 heterocycles. The summed E-state index contributed by atoms with van der Waals surface area (Å²) >= 11 is 0. The van der Waals surface area contributed by atoms with Gasteiger partial charge in [0.25, 0.3) is 0 Å². The van der Waals surface area contributed by atoms with Crippen LogP contribution in [0.25, 0.3) is 0 Å². The van der Waals surface area contributed by atoms with E-state index in [0.717, 1.165) is 17.5 Å². The molecule has 1 N–H and O–H groups in total. The molecule has 1 aliphatic carbocycles. The van der Waals surface area contributed by atoms with E-state index in [4.69, 9.17) is 9.47 Å². The van der Waals surface area contributed by atoms with Crippen molar-refractivity contribution in [2.45, 2.75) is 38.0 Å². The number of ether oxygens (including phenoxy) is 2. The molecule has 19 heavy (non-hydrogen) atoms. The van der Waals surface area contributed by atoms with Crippen molar-refractivity contribution in [3.8, 4) is 0 Å². The second-order valence-electron chi connectivity index (χ2n) is 4.73. The van der Waals surface area contributed by atoms with E-state index in [1.165, 1.54) is 7.11 Å². The fourth-order valence-corrected chi connectivity index (χ4v) is 2.74. The molecule has 1 aliphatic rings. The third kappa shape index (κ3) is 2.80. The number of hydrogen-bond acceptors (Lipinski definition) is 4. The quantitative estimate of drug-likeness (QED) is 0.846. The van der Waals surface area contributed by atoms with Crippen LogP contribution in [-0.4, -0.2) is 30.6 Å². The average molecular weight is 265 g/mol. The number of aromatic amines is 1. The van der Waals surface area contributed by atoms with E-state index in [-0.39, 0.29) is 23.8 Å². The Labute approximate surface area is 112 Å². The van der Waals surface area contributed by atoms with Crippen LogP contribution in [0.15, 0.2) is 12.4 Å². The van der Waals surface area contributed by atoms with E-state index in [1.54, 1.807) is 6.92 Å². The molecular formula is C14H19NO4. The molecule has 0 saturated carbocycles. The Hall–Kier alpha value is -1.78. The molecule has 5 nitrogen and oxygen atoms in total. The topological polar surface area (TPSA) is 68.4 Å². The number of nitrogens with one attached hydrogen (secondary N) is 1. The van der Waals surface area contributed by atoms with Crippen LogP contribution in [0.1, 0.15) is 49.1 Å². The molecule has 0 fully saturated rings. The van der Waals surface area contributed by atoms with Gasteiger partial charge in [0.05, 0.1) is 26.1 Å². The van der Waals surface area contributed by atoms with Gasteiger partial charge in [-0.2, -0.15) is 0 Å². The normalized spacial score (nSPS) is 21.6. The second kappa shape index (κ2) is 5.91. The zero-order valence-electron chi connectivity index (χ0n) is 11.3. The maximum absolute atomic E-state index is 11.7. The molecule has 0 bridgehead atoms. The molecule has 104 valence electrons. The van der Waals surface area contributed by atoms with Crippen LogP contribution in [0.3, 0.4) is 0 Å². The van der Waals surface area contributed by atoms with Crippen molar-refractivity contribution in [1.29, 1.82) is 0 Å². The predicted molar refractivity (Wildman–Crippen MR) is 68.8 cm³/mol. The summed E-state index contributed by atoms with van der Waals surface area (Å²) in [6.45, 7) is 2.20. The Morgan fingerprint density at radius 2 is 2.05 bits per heavy atom. The van der Waals surface area contributed by atoms with Gasteiger partial charge in [-0.05, 0) is 36.8 Å². The van der Waals surface area contributed by atoms with Gasteiger partial charge in [0.2, 0.25) is 0 Å². The average Bonchev–Trinajstić information content (AvgIpc) is 2.88. The van der Waals surface area contributed by atoms with Crippen molar-refractivity contribution < 1.29 is 19.1 Å². The molecule has 1 aromatic heterocycles. The van der Waals surface area contributed by atoms with Crippen LogP contribution in [0.5, 0.6) is 0 Å². The SMILES string of the molecule is CCOC(=O)C[C@@H]1CC[C@@H](C(=O)OC)c2c[nH]cc21. The first-order valence-corrected chi connectivity index (χ1v) is 6.57. The summed E-state index contributed by atoms with van der Waals surface area (Å²) in [6.07, 6.45) is 5.57. The minimum absolute atomic E-state index is 0.126. The summed E-state index contributed by atoms with van der Waals surface area (Å²) in [4.78, 5) is 26.3. The molecular weight excluding hydrogens is 246 g/mol. The van der Waals surface area contributed by atoms with Crippen LogP contribution in [0, 0.1) is 0 Å². The standard InChI is InChI=1S/C14H19NO4/c1-3-19-13(16)6-9-4-5-10(14(17)18-2)12-8-15-7-11(9)12/h7-10,15H,3-6H2,1-2H3/t9-,10+/m0/s1. The summed E-state index contributed by atoms with van der Waals surface area (Å²) in [6, 6.07) is 0. The molecule has 2 atom stereocenters. The maximum Gasteiger partial charge on any atom is 0.313 e. The summed E-state index contributed by atoms with van der Waals surface area (Å²) < 4.78 is 9.82. The number of fused-ring (bicyclic) bond motifs is 1. The maximum atomic E-state index is 11.7. The van der Waals surface area contributed by atoms with Gasteiger partial charge in [-0.3, -0.25) is 9.59 Å². The van der Waals surface area contributed by atoms with Gasteiger partial charge < -0.3 is 14.5 Å². The fourth-order valence-electron chi connectivity index (χ4n) is 2.74. The molecule has 0 unspecified atom stereocenters. The number of carbonyl (C=O) groups is 2. The van der Waals surface area contributed by atoms with Crippen molar-refractivity contribution in [3.63, 3.8) is 0 Å². The fraction of sp³-hybridized carbons (Fsp3) is 0.571. The zero-order valence-corrected chi connectivity index (χ0v) is 11.3. The molecule has 0 aliphatic heterocycles. The summed E-state index contributed by atoms with van der Waals surface area (Å²) in [5.74, 6) is -0.488. The van der Waals surface area contributed by atoms with Crippen molar-refractivity contribution in [1.82, 2.24) is 4.98 Å². The Balaban J connectivity index is 2.14. The highest BCUT2D eigenvalue weighted by molar-refractivity contribution is 5.79. The lowest BCUT2D eigenvalue weighted by atomic mass is 9.77. The Morgan fingerprint density at radius 1 is 1.32 bits per heavy atom. The minimum atomic E-state index is -0.218. The predicted octanol–water partition coefficient (Wildman–Crippen LogP) is 2.10. The van der Waals surface area contributed by atoms with E-state index in [2.05, 4.69) is 4.98 Å². The molecule has 0 aromatic carbocycles. The first kappa shape index (κ1) is 13.6. The Bertz CT molecular complexity index is 466. The highest BCUT2D eigenvalue weighted by Crippen LogP contribution is 2.41. The van der Waals surface area contributed by atoms with E-state index in [9.17, 15) is 9.59 Å². The van der Waals surface area contributed by atoms with Crippen LogP contribution in [-0.2, 0) is 19.1 Å². The van der Waals surface area contributed by atoms with E-state index in [1.807, 2.05) is 12.4 Å². The lowest BCUT2D eigenvalue weighted by molar-refractivity contribution is -0.143. The van der Waals surface area contributed by atoms with Crippen molar-refractivity contribution in [2.75, 3.05) is 13.7 Å². The van der Waals surface area contributed by atoms with Crippen LogP contribution in [0.4, 0.5) is 0 Å². The third-order valence-corrected chi connectivity index (χ3v) is 3.63. The molecule has 0 saturated heterocycles. The van der Waals surface area contributed by atoms with Crippen molar-refractivity contribution in [2.24, 2.45) is 0 Å².